The number of carbonyl (C=O) groups is 2. The van der Waals surface area contributed by atoms with Crippen molar-refractivity contribution in [1.29, 1.82) is 0 Å². The number of urea groups is 1. The van der Waals surface area contributed by atoms with Crippen LogP contribution >= 0.6 is 0 Å². The number of hydrogen-bond acceptors (Lipinski definition) is 3. The van der Waals surface area contributed by atoms with Gasteiger partial charge in [-0.05, 0) is 24.6 Å². The molecule has 0 bridgehead atoms. The zero-order valence-corrected chi connectivity index (χ0v) is 11.8. The Balaban J connectivity index is 2.15. The maximum atomic E-state index is 13.2. The van der Waals surface area contributed by atoms with Crippen LogP contribution in [0, 0.1) is 12.7 Å². The van der Waals surface area contributed by atoms with E-state index in [0.717, 1.165) is 0 Å². The molecule has 21 heavy (non-hydrogen) atoms. The van der Waals surface area contributed by atoms with Gasteiger partial charge in [0.2, 0.25) is 0 Å². The summed E-state index contributed by atoms with van der Waals surface area (Å²) in [7, 11) is 1.47. The predicted molar refractivity (Wildman–Crippen MR) is 73.7 cm³/mol. The minimum absolute atomic E-state index is 0.188. The molecule has 1 fully saturated rings. The first-order valence-electron chi connectivity index (χ1n) is 6.51. The van der Waals surface area contributed by atoms with Crippen LogP contribution in [-0.2, 0) is 9.53 Å². The Morgan fingerprint density at radius 2 is 2.19 bits per heavy atom. The number of benzene rings is 1. The minimum atomic E-state index is -1.08. The van der Waals surface area contributed by atoms with Crippen LogP contribution in [0.3, 0.4) is 0 Å². The highest BCUT2D eigenvalue weighted by Gasteiger charge is 2.39. The molecule has 0 aromatic heterocycles. The molecule has 2 N–H and O–H groups in total. The zero-order valence-electron chi connectivity index (χ0n) is 11.8. The largest absolute Gasteiger partial charge is 0.480 e. The van der Waals surface area contributed by atoms with Gasteiger partial charge in [-0.15, -0.1) is 0 Å². The van der Waals surface area contributed by atoms with Crippen molar-refractivity contribution in [3.8, 4) is 0 Å². The molecule has 1 saturated heterocycles. The molecule has 1 aliphatic heterocycles. The van der Waals surface area contributed by atoms with Gasteiger partial charge in [-0.1, -0.05) is 6.07 Å². The molecule has 0 saturated carbocycles. The average molecular weight is 296 g/mol. The van der Waals surface area contributed by atoms with E-state index in [1.54, 1.807) is 13.0 Å². The monoisotopic (exact) mass is 296 g/mol. The number of hydrogen-bond donors (Lipinski definition) is 2. The second-order valence-corrected chi connectivity index (χ2v) is 4.99. The second-order valence-electron chi connectivity index (χ2n) is 4.99. The van der Waals surface area contributed by atoms with E-state index < -0.39 is 23.9 Å². The molecule has 114 valence electrons. The van der Waals surface area contributed by atoms with E-state index in [-0.39, 0.29) is 19.1 Å². The number of carboxylic acid groups (broad SMARTS) is 1. The van der Waals surface area contributed by atoms with Crippen molar-refractivity contribution in [3.05, 3.63) is 29.6 Å². The summed E-state index contributed by atoms with van der Waals surface area (Å²) in [5.74, 6) is -1.55. The van der Waals surface area contributed by atoms with Gasteiger partial charge in [-0.3, -0.25) is 0 Å². The van der Waals surface area contributed by atoms with Gasteiger partial charge < -0.3 is 20.1 Å². The van der Waals surface area contributed by atoms with Gasteiger partial charge in [0.05, 0.1) is 6.10 Å². The average Bonchev–Trinajstić information content (AvgIpc) is 2.87. The number of aryl methyl sites for hydroxylation is 1. The second kappa shape index (κ2) is 6.09. The summed E-state index contributed by atoms with van der Waals surface area (Å²) in [6.45, 7) is 1.92. The van der Waals surface area contributed by atoms with Gasteiger partial charge in [0.1, 0.15) is 11.9 Å². The Morgan fingerprint density at radius 3 is 2.81 bits per heavy atom. The van der Waals surface area contributed by atoms with Crippen molar-refractivity contribution in [2.75, 3.05) is 19.0 Å². The SMILES string of the molecule is COC1CC(C(=O)O)N(C(=O)Nc2cc(F)ccc2C)C1. The number of nitrogens with zero attached hydrogens (tertiary/aromatic N) is 1. The topological polar surface area (TPSA) is 78.9 Å². The molecule has 2 unspecified atom stereocenters. The summed E-state index contributed by atoms with van der Waals surface area (Å²) >= 11 is 0. The number of methoxy groups -OCH3 is 1. The lowest BCUT2D eigenvalue weighted by molar-refractivity contribution is -0.141. The summed E-state index contributed by atoms with van der Waals surface area (Å²) in [4.78, 5) is 24.6. The standard InChI is InChI=1S/C14H17FN2O4/c1-8-3-4-9(15)5-11(8)16-14(20)17-7-10(21-2)6-12(17)13(18)19/h3-5,10,12H,6-7H2,1-2H3,(H,16,20)(H,18,19). The first-order chi connectivity index (χ1) is 9.92. The summed E-state index contributed by atoms with van der Waals surface area (Å²) < 4.78 is 18.3. The van der Waals surface area contributed by atoms with Crippen LogP contribution in [0.4, 0.5) is 14.9 Å². The van der Waals surface area contributed by atoms with Crippen LogP contribution in [0.2, 0.25) is 0 Å². The fraction of sp³-hybridized carbons (Fsp3) is 0.429. The molecule has 0 spiro atoms. The Kier molecular flexibility index (Phi) is 4.42. The van der Waals surface area contributed by atoms with Crippen molar-refractivity contribution >= 4 is 17.7 Å². The highest BCUT2D eigenvalue weighted by molar-refractivity contribution is 5.93. The minimum Gasteiger partial charge on any atom is -0.480 e. The molecule has 1 aromatic rings. The van der Waals surface area contributed by atoms with Crippen LogP contribution in [0.1, 0.15) is 12.0 Å². The van der Waals surface area contributed by atoms with Crippen molar-refractivity contribution in [3.63, 3.8) is 0 Å². The van der Waals surface area contributed by atoms with Gasteiger partial charge in [-0.2, -0.15) is 0 Å². The van der Waals surface area contributed by atoms with Crippen LogP contribution in [0.25, 0.3) is 0 Å². The number of nitrogens with one attached hydrogen (secondary N) is 1. The third kappa shape index (κ3) is 3.30. The van der Waals surface area contributed by atoms with E-state index in [9.17, 15) is 19.1 Å². The van der Waals surface area contributed by atoms with Gasteiger partial charge in [0.15, 0.2) is 0 Å². The number of halogens is 1. The Morgan fingerprint density at radius 1 is 1.48 bits per heavy atom. The lowest BCUT2D eigenvalue weighted by atomic mass is 10.2. The number of carbonyl (C=O) groups excluding carboxylic acids is 1. The van der Waals surface area contributed by atoms with E-state index in [4.69, 9.17) is 4.74 Å². The summed E-state index contributed by atoms with van der Waals surface area (Å²) in [6, 6.07) is 2.52. The lowest BCUT2D eigenvalue weighted by Gasteiger charge is -2.22. The van der Waals surface area contributed by atoms with E-state index >= 15 is 0 Å². The number of rotatable bonds is 3. The fourth-order valence-electron chi connectivity index (χ4n) is 2.34. The van der Waals surface area contributed by atoms with E-state index in [2.05, 4.69) is 5.32 Å². The molecular weight excluding hydrogens is 279 g/mol. The predicted octanol–water partition coefficient (Wildman–Crippen LogP) is 1.84. The molecule has 7 heteroatoms. The molecular formula is C14H17FN2O4. The number of carboxylic acids is 1. The first-order valence-corrected chi connectivity index (χ1v) is 6.51. The van der Waals surface area contributed by atoms with E-state index in [1.807, 2.05) is 0 Å². The summed E-state index contributed by atoms with van der Waals surface area (Å²) in [5, 5.41) is 11.7. The quantitative estimate of drug-likeness (QED) is 0.892. The molecule has 1 aromatic carbocycles. The maximum Gasteiger partial charge on any atom is 0.326 e. The molecule has 1 heterocycles. The van der Waals surface area contributed by atoms with Gasteiger partial charge in [-0.25, -0.2) is 14.0 Å². The summed E-state index contributed by atoms with van der Waals surface area (Å²) in [5.41, 5.74) is 1.02. The van der Waals surface area contributed by atoms with Crippen LogP contribution in [0.5, 0.6) is 0 Å². The van der Waals surface area contributed by atoms with Crippen molar-refractivity contribution in [1.82, 2.24) is 4.90 Å². The summed E-state index contributed by atoms with van der Waals surface area (Å²) in [6.07, 6.45) is -0.0769. The van der Waals surface area contributed by atoms with Gasteiger partial charge in [0, 0.05) is 25.8 Å². The highest BCUT2D eigenvalue weighted by atomic mass is 19.1. The maximum absolute atomic E-state index is 13.2. The molecule has 2 amide bonds. The third-order valence-corrected chi connectivity index (χ3v) is 3.58. The molecule has 6 nitrogen and oxygen atoms in total. The first kappa shape index (κ1) is 15.2. The molecule has 2 atom stereocenters. The lowest BCUT2D eigenvalue weighted by Crippen LogP contribution is -2.43. The highest BCUT2D eigenvalue weighted by Crippen LogP contribution is 2.23. The smallest absolute Gasteiger partial charge is 0.326 e. The number of ether oxygens (including phenoxy) is 1. The number of aliphatic carboxylic acids is 1. The molecule has 0 aliphatic carbocycles. The van der Waals surface area contributed by atoms with Gasteiger partial charge >= 0.3 is 12.0 Å². The fourth-order valence-corrected chi connectivity index (χ4v) is 2.34. The van der Waals surface area contributed by atoms with Crippen molar-refractivity contribution in [2.45, 2.75) is 25.5 Å². The Labute approximate surface area is 121 Å². The third-order valence-electron chi connectivity index (χ3n) is 3.58. The van der Waals surface area contributed by atoms with E-state index in [0.29, 0.717) is 11.3 Å². The van der Waals surface area contributed by atoms with Crippen LogP contribution in [-0.4, -0.2) is 47.8 Å². The molecule has 1 aliphatic rings. The van der Waals surface area contributed by atoms with Crippen LogP contribution < -0.4 is 5.32 Å². The van der Waals surface area contributed by atoms with Gasteiger partial charge in [0.25, 0.3) is 0 Å². The van der Waals surface area contributed by atoms with Crippen LogP contribution in [0.15, 0.2) is 18.2 Å². The van der Waals surface area contributed by atoms with Crippen molar-refractivity contribution in [2.24, 2.45) is 0 Å². The molecule has 2 rings (SSSR count). The molecule has 0 radical (unpaired) electrons. The number of amides is 2. The van der Waals surface area contributed by atoms with Crippen molar-refractivity contribution < 1.29 is 23.8 Å². The van der Waals surface area contributed by atoms with E-state index in [1.165, 1.54) is 24.1 Å². The Bertz CT molecular complexity index is 564. The number of anilines is 1. The zero-order chi connectivity index (χ0) is 15.6. The normalized spacial score (nSPS) is 21.4. The number of likely N-dealkylation sites (tertiary alicyclic amines) is 1. The Hall–Kier alpha value is -2.15.